The highest BCUT2D eigenvalue weighted by Gasteiger charge is 2.22. The van der Waals surface area contributed by atoms with Gasteiger partial charge >= 0.3 is 0 Å². The van der Waals surface area contributed by atoms with E-state index in [0.29, 0.717) is 0 Å². The molecule has 5 nitrogen and oxygen atoms in total. The summed E-state index contributed by atoms with van der Waals surface area (Å²) >= 11 is 0. The first-order chi connectivity index (χ1) is 14.0. The van der Waals surface area contributed by atoms with Gasteiger partial charge in [0.2, 0.25) is 0 Å². The summed E-state index contributed by atoms with van der Waals surface area (Å²) in [4.78, 5) is 10.7. The molecular formula is C22H30F2IN5. The van der Waals surface area contributed by atoms with Crippen molar-refractivity contribution in [3.8, 4) is 0 Å². The van der Waals surface area contributed by atoms with Crippen LogP contribution >= 0.6 is 24.0 Å². The van der Waals surface area contributed by atoms with Crippen molar-refractivity contribution in [2.24, 2.45) is 4.99 Å². The first kappa shape index (κ1) is 24.5. The number of halogens is 3. The number of guanidine groups is 1. The van der Waals surface area contributed by atoms with E-state index in [1.807, 2.05) is 19.2 Å². The molecule has 164 valence electrons. The van der Waals surface area contributed by atoms with E-state index in [1.54, 1.807) is 7.05 Å². The first-order valence-electron chi connectivity index (χ1n) is 10.1. The molecule has 2 heterocycles. The van der Waals surface area contributed by atoms with Crippen LogP contribution in [0.2, 0.25) is 0 Å². The summed E-state index contributed by atoms with van der Waals surface area (Å²) in [6.45, 7) is 4.56. The second-order valence-electron chi connectivity index (χ2n) is 7.48. The Morgan fingerprint density at radius 1 is 1.23 bits per heavy atom. The van der Waals surface area contributed by atoms with Crippen LogP contribution in [0.5, 0.6) is 0 Å². The van der Waals surface area contributed by atoms with E-state index in [-0.39, 0.29) is 42.1 Å². The first-order valence-corrected chi connectivity index (χ1v) is 10.1. The van der Waals surface area contributed by atoms with Gasteiger partial charge in [0, 0.05) is 50.2 Å². The zero-order valence-electron chi connectivity index (χ0n) is 17.5. The summed E-state index contributed by atoms with van der Waals surface area (Å²) < 4.78 is 27.9. The molecule has 1 aliphatic heterocycles. The molecule has 1 unspecified atom stereocenters. The lowest BCUT2D eigenvalue weighted by Gasteiger charge is -2.34. The number of nitrogens with one attached hydrogen (secondary N) is 2. The van der Waals surface area contributed by atoms with E-state index in [2.05, 4.69) is 31.6 Å². The Hall–Kier alpha value is -1.81. The van der Waals surface area contributed by atoms with Crippen molar-refractivity contribution in [2.45, 2.75) is 38.8 Å². The van der Waals surface area contributed by atoms with Crippen LogP contribution in [0, 0.1) is 18.6 Å². The monoisotopic (exact) mass is 529 g/mol. The molecule has 1 aromatic carbocycles. The number of likely N-dealkylation sites (tertiary alicyclic amines) is 1. The molecule has 30 heavy (non-hydrogen) atoms. The number of aryl methyl sites for hydroxylation is 1. The molecule has 0 radical (unpaired) electrons. The van der Waals surface area contributed by atoms with Gasteiger partial charge in [-0.1, -0.05) is 12.1 Å². The van der Waals surface area contributed by atoms with Crippen molar-refractivity contribution >= 4 is 29.9 Å². The Morgan fingerprint density at radius 3 is 2.67 bits per heavy atom. The molecule has 1 saturated heterocycles. The van der Waals surface area contributed by atoms with Crippen molar-refractivity contribution in [1.82, 2.24) is 20.5 Å². The zero-order chi connectivity index (χ0) is 20.6. The molecule has 3 rings (SSSR count). The van der Waals surface area contributed by atoms with Crippen molar-refractivity contribution in [2.75, 3.05) is 26.7 Å². The number of nitrogens with zero attached hydrogens (tertiary/aromatic N) is 3. The third-order valence-electron chi connectivity index (χ3n) is 5.19. The maximum Gasteiger partial charge on any atom is 0.191 e. The summed E-state index contributed by atoms with van der Waals surface area (Å²) in [6, 6.07) is 8.31. The predicted octanol–water partition coefficient (Wildman–Crippen LogP) is 3.66. The Morgan fingerprint density at radius 2 is 2.00 bits per heavy atom. The average molecular weight is 529 g/mol. The molecule has 0 saturated carbocycles. The summed E-state index contributed by atoms with van der Waals surface area (Å²) in [5, 5.41) is 6.78. The Bertz CT molecular complexity index is 809. The molecular weight excluding hydrogens is 499 g/mol. The lowest BCUT2D eigenvalue weighted by Crippen LogP contribution is -2.51. The zero-order valence-corrected chi connectivity index (χ0v) is 19.8. The fraction of sp³-hybridized carbons (Fsp3) is 0.455. The lowest BCUT2D eigenvalue weighted by molar-refractivity contribution is 0.188. The van der Waals surface area contributed by atoms with E-state index in [0.717, 1.165) is 50.6 Å². The van der Waals surface area contributed by atoms with Gasteiger partial charge in [-0.3, -0.25) is 14.9 Å². The lowest BCUT2D eigenvalue weighted by atomic mass is 10.0. The molecule has 8 heteroatoms. The van der Waals surface area contributed by atoms with Gasteiger partial charge in [-0.05, 0) is 56.5 Å². The van der Waals surface area contributed by atoms with Gasteiger partial charge in [0.15, 0.2) is 5.96 Å². The standard InChI is InChI=1S/C22H29F2N5.HI/c1-16-8-9-17(13-27-16)10-11-26-22(25-2)28-18-5-4-12-29(14-18)15-19-20(23)6-3-7-21(19)24;/h3,6-9,13,18H,4-5,10-12,14-15H2,1-2H3,(H2,25,26,28);1H. The Labute approximate surface area is 194 Å². The van der Waals surface area contributed by atoms with Crippen LogP contribution in [0.1, 0.15) is 29.7 Å². The van der Waals surface area contributed by atoms with Crippen LogP contribution < -0.4 is 10.6 Å². The van der Waals surface area contributed by atoms with Crippen LogP contribution in [0.25, 0.3) is 0 Å². The largest absolute Gasteiger partial charge is 0.356 e. The van der Waals surface area contributed by atoms with E-state index < -0.39 is 11.6 Å². The number of pyridine rings is 1. The van der Waals surface area contributed by atoms with Crippen LogP contribution in [-0.2, 0) is 13.0 Å². The molecule has 0 bridgehead atoms. The summed E-state index contributed by atoms with van der Waals surface area (Å²) in [7, 11) is 1.75. The number of aliphatic imine (C=N–C) groups is 1. The highest BCUT2D eigenvalue weighted by molar-refractivity contribution is 14.0. The van der Waals surface area contributed by atoms with E-state index in [1.165, 1.54) is 23.8 Å². The van der Waals surface area contributed by atoms with Crippen LogP contribution in [-0.4, -0.2) is 48.6 Å². The van der Waals surface area contributed by atoms with Crippen molar-refractivity contribution < 1.29 is 8.78 Å². The molecule has 0 amide bonds. The van der Waals surface area contributed by atoms with Gasteiger partial charge in [0.1, 0.15) is 11.6 Å². The SMILES string of the molecule is CN=C(NCCc1ccc(C)nc1)NC1CCCN(Cc2c(F)cccc2F)C1.I. The minimum absolute atomic E-state index is 0. The number of piperidine rings is 1. The maximum atomic E-state index is 14.0. The molecule has 2 N–H and O–H groups in total. The molecule has 0 spiro atoms. The molecule has 1 fully saturated rings. The van der Waals surface area contributed by atoms with Gasteiger partial charge in [0.05, 0.1) is 0 Å². The number of benzene rings is 1. The smallest absolute Gasteiger partial charge is 0.191 e. The summed E-state index contributed by atoms with van der Waals surface area (Å²) in [6.07, 6.45) is 4.73. The predicted molar refractivity (Wildman–Crippen MR) is 127 cm³/mol. The van der Waals surface area contributed by atoms with Gasteiger partial charge in [-0.15, -0.1) is 24.0 Å². The number of aromatic nitrogens is 1. The Balaban J connectivity index is 0.00000320. The van der Waals surface area contributed by atoms with E-state index >= 15 is 0 Å². The molecule has 1 atom stereocenters. The average Bonchev–Trinajstić information content (AvgIpc) is 2.72. The third kappa shape index (κ3) is 7.16. The van der Waals surface area contributed by atoms with Crippen LogP contribution in [0.15, 0.2) is 41.5 Å². The molecule has 1 aliphatic rings. The van der Waals surface area contributed by atoms with E-state index in [4.69, 9.17) is 0 Å². The molecule has 1 aromatic heterocycles. The fourth-order valence-electron chi connectivity index (χ4n) is 3.58. The molecule has 2 aromatic rings. The van der Waals surface area contributed by atoms with Crippen LogP contribution in [0.4, 0.5) is 8.78 Å². The van der Waals surface area contributed by atoms with E-state index in [9.17, 15) is 8.78 Å². The Kier molecular flexibility index (Phi) is 9.90. The fourth-order valence-corrected chi connectivity index (χ4v) is 3.58. The van der Waals surface area contributed by atoms with Gasteiger partial charge < -0.3 is 10.6 Å². The summed E-state index contributed by atoms with van der Waals surface area (Å²) in [5.41, 5.74) is 2.33. The second kappa shape index (κ2) is 12.1. The van der Waals surface area contributed by atoms with Crippen molar-refractivity contribution in [1.29, 1.82) is 0 Å². The van der Waals surface area contributed by atoms with Gasteiger partial charge in [0.25, 0.3) is 0 Å². The minimum atomic E-state index is -0.483. The number of hydrogen-bond acceptors (Lipinski definition) is 3. The normalized spacial score (nSPS) is 17.3. The molecule has 0 aliphatic carbocycles. The maximum absolute atomic E-state index is 14.0. The second-order valence-corrected chi connectivity index (χ2v) is 7.48. The number of rotatable bonds is 6. The van der Waals surface area contributed by atoms with Gasteiger partial charge in [-0.2, -0.15) is 0 Å². The van der Waals surface area contributed by atoms with Crippen molar-refractivity contribution in [3.63, 3.8) is 0 Å². The minimum Gasteiger partial charge on any atom is -0.356 e. The highest BCUT2D eigenvalue weighted by atomic mass is 127. The van der Waals surface area contributed by atoms with Crippen LogP contribution in [0.3, 0.4) is 0 Å². The highest BCUT2D eigenvalue weighted by Crippen LogP contribution is 2.18. The quantitative estimate of drug-likeness (QED) is 0.341. The summed E-state index contributed by atoms with van der Waals surface area (Å²) in [5.74, 6) is -0.222. The number of hydrogen-bond donors (Lipinski definition) is 2. The van der Waals surface area contributed by atoms with Crippen molar-refractivity contribution in [3.05, 3.63) is 65.0 Å². The topological polar surface area (TPSA) is 52.6 Å². The third-order valence-corrected chi connectivity index (χ3v) is 5.19. The van der Waals surface area contributed by atoms with Gasteiger partial charge in [-0.25, -0.2) is 8.78 Å².